The van der Waals surface area contributed by atoms with Gasteiger partial charge in [0, 0.05) is 12.1 Å². The Morgan fingerprint density at radius 1 is 1.33 bits per heavy atom. The Hall–Kier alpha value is -1.89. The molecule has 0 aliphatic carbocycles. The second-order valence-electron chi connectivity index (χ2n) is 6.62. The van der Waals surface area contributed by atoms with E-state index in [4.69, 9.17) is 0 Å². The van der Waals surface area contributed by atoms with Crippen LogP contribution >= 0.6 is 0 Å². The fraction of sp³-hybridized carbons (Fsp3) is 0.529. The fourth-order valence-corrected chi connectivity index (χ4v) is 2.64. The number of carbonyl (C=O) groups is 1. The van der Waals surface area contributed by atoms with E-state index in [1.54, 1.807) is 24.3 Å². The fourth-order valence-electron chi connectivity index (χ4n) is 2.64. The molecule has 0 radical (unpaired) electrons. The van der Waals surface area contributed by atoms with Gasteiger partial charge in [0.25, 0.3) is 5.72 Å². The predicted octanol–water partition coefficient (Wildman–Crippen LogP) is 3.42. The van der Waals surface area contributed by atoms with Crippen molar-refractivity contribution in [3.8, 4) is 0 Å². The number of hydrogen-bond acceptors (Lipinski definition) is 3. The molecule has 2 rings (SSSR count). The highest BCUT2D eigenvalue weighted by Crippen LogP contribution is 2.41. The van der Waals surface area contributed by atoms with Crippen LogP contribution in [0.4, 0.5) is 13.2 Å². The maximum atomic E-state index is 13.3. The first-order valence-electron chi connectivity index (χ1n) is 7.77. The summed E-state index contributed by atoms with van der Waals surface area (Å²) >= 11 is 0. The van der Waals surface area contributed by atoms with Crippen LogP contribution in [0.1, 0.15) is 37.8 Å². The minimum atomic E-state index is -4.97. The lowest BCUT2D eigenvalue weighted by Crippen LogP contribution is -2.57. The average molecular weight is 342 g/mol. The van der Waals surface area contributed by atoms with Crippen LogP contribution < -0.4 is 0 Å². The summed E-state index contributed by atoms with van der Waals surface area (Å²) in [5.41, 5.74) is -1.53. The molecule has 0 saturated heterocycles. The molecule has 1 unspecified atom stereocenters. The van der Waals surface area contributed by atoms with Crippen molar-refractivity contribution in [3.63, 3.8) is 0 Å². The Bertz CT molecular complexity index is 638. The molecule has 1 aliphatic heterocycles. The summed E-state index contributed by atoms with van der Waals surface area (Å²) in [6, 6.07) is 6.90. The Kier molecular flexibility index (Phi) is 5.03. The van der Waals surface area contributed by atoms with Gasteiger partial charge >= 0.3 is 6.18 Å². The van der Waals surface area contributed by atoms with Gasteiger partial charge < -0.3 is 5.11 Å². The molecule has 7 heteroatoms. The molecule has 1 heterocycles. The van der Waals surface area contributed by atoms with Crippen LogP contribution in [0.25, 0.3) is 0 Å². The van der Waals surface area contributed by atoms with Crippen molar-refractivity contribution in [2.45, 2.75) is 51.9 Å². The number of nitrogens with zero attached hydrogens (tertiary/aromatic N) is 2. The molecule has 1 aromatic carbocycles. The maximum absolute atomic E-state index is 13.3. The third-order valence-electron chi connectivity index (χ3n) is 3.85. The molecule has 0 spiro atoms. The van der Waals surface area contributed by atoms with Gasteiger partial charge in [-0.05, 0) is 24.8 Å². The summed E-state index contributed by atoms with van der Waals surface area (Å²) in [4.78, 5) is 12.4. The first-order chi connectivity index (χ1) is 11.0. The van der Waals surface area contributed by atoms with Gasteiger partial charge in [-0.3, -0.25) is 4.79 Å². The molecule has 132 valence electrons. The monoisotopic (exact) mass is 342 g/mol. The predicted molar refractivity (Wildman–Crippen MR) is 84.2 cm³/mol. The number of amides is 1. The van der Waals surface area contributed by atoms with Crippen LogP contribution in [0.15, 0.2) is 29.4 Å². The quantitative estimate of drug-likeness (QED) is 0.911. The van der Waals surface area contributed by atoms with Crippen molar-refractivity contribution < 1.29 is 23.1 Å². The minimum Gasteiger partial charge on any atom is -0.362 e. The highest BCUT2D eigenvalue weighted by Gasteiger charge is 2.62. The van der Waals surface area contributed by atoms with Crippen molar-refractivity contribution in [1.29, 1.82) is 0 Å². The minimum absolute atomic E-state index is 0.0772. The summed E-state index contributed by atoms with van der Waals surface area (Å²) in [5, 5.41) is 14.1. The summed E-state index contributed by atoms with van der Waals surface area (Å²) in [6.45, 7) is 5.55. The number of aryl methyl sites for hydroxylation is 1. The van der Waals surface area contributed by atoms with E-state index in [2.05, 4.69) is 5.10 Å². The largest absolute Gasteiger partial charge is 0.438 e. The molecule has 0 bridgehead atoms. The lowest BCUT2D eigenvalue weighted by atomic mass is 9.99. The molecule has 0 aromatic heterocycles. The number of halogens is 3. The Morgan fingerprint density at radius 2 is 1.92 bits per heavy atom. The molecule has 4 nitrogen and oxygen atoms in total. The van der Waals surface area contributed by atoms with Gasteiger partial charge in [0.05, 0.1) is 6.42 Å². The van der Waals surface area contributed by atoms with Crippen molar-refractivity contribution in [2.24, 2.45) is 11.0 Å². The molecule has 0 fully saturated rings. The molecule has 1 N–H and O–H groups in total. The summed E-state index contributed by atoms with van der Waals surface area (Å²) < 4.78 is 40.0. The highest BCUT2D eigenvalue weighted by molar-refractivity contribution is 5.91. The van der Waals surface area contributed by atoms with Gasteiger partial charge in [-0.15, -0.1) is 0 Å². The first-order valence-corrected chi connectivity index (χ1v) is 7.77. The number of alkyl halides is 3. The number of hydrogen-bond donors (Lipinski definition) is 1. The average Bonchev–Trinajstić information content (AvgIpc) is 2.78. The van der Waals surface area contributed by atoms with E-state index in [-0.39, 0.29) is 23.1 Å². The zero-order chi connectivity index (χ0) is 18.1. The van der Waals surface area contributed by atoms with Crippen LogP contribution in [0.5, 0.6) is 0 Å². The number of hydrazone groups is 1. The summed E-state index contributed by atoms with van der Waals surface area (Å²) in [6.07, 6.45) is -5.63. The van der Waals surface area contributed by atoms with Crippen LogP contribution in [0.2, 0.25) is 0 Å². The highest BCUT2D eigenvalue weighted by atomic mass is 19.4. The van der Waals surface area contributed by atoms with Crippen LogP contribution in [0.3, 0.4) is 0 Å². The standard InChI is InChI=1S/C17H21F3N2O2/c1-11(2)8-14-10-16(24,17(18,19)20)22(21-14)15(23)9-13-6-4-12(3)5-7-13/h4-7,11,24H,8-10H2,1-3H3. The van der Waals surface area contributed by atoms with Crippen molar-refractivity contribution >= 4 is 11.6 Å². The molecule has 0 saturated carbocycles. The second kappa shape index (κ2) is 6.55. The van der Waals surface area contributed by atoms with Gasteiger partial charge in [-0.25, -0.2) is 0 Å². The van der Waals surface area contributed by atoms with Crippen molar-refractivity contribution in [3.05, 3.63) is 35.4 Å². The van der Waals surface area contributed by atoms with Crippen LogP contribution in [-0.2, 0) is 11.2 Å². The van der Waals surface area contributed by atoms with E-state index >= 15 is 0 Å². The number of carbonyl (C=O) groups excluding carboxylic acids is 1. The van der Waals surface area contributed by atoms with Crippen molar-refractivity contribution in [1.82, 2.24) is 5.01 Å². The van der Waals surface area contributed by atoms with E-state index in [0.29, 0.717) is 12.0 Å². The van der Waals surface area contributed by atoms with E-state index in [1.165, 1.54) is 0 Å². The van der Waals surface area contributed by atoms with Gasteiger partial charge in [-0.1, -0.05) is 43.7 Å². The molecule has 24 heavy (non-hydrogen) atoms. The maximum Gasteiger partial charge on any atom is 0.438 e. The van der Waals surface area contributed by atoms with E-state index < -0.39 is 24.2 Å². The third-order valence-corrected chi connectivity index (χ3v) is 3.85. The Morgan fingerprint density at radius 3 is 2.42 bits per heavy atom. The molecular weight excluding hydrogens is 321 g/mol. The number of benzene rings is 1. The summed E-state index contributed by atoms with van der Waals surface area (Å²) in [5.74, 6) is -0.800. The van der Waals surface area contributed by atoms with E-state index in [0.717, 1.165) is 5.56 Å². The second-order valence-corrected chi connectivity index (χ2v) is 6.62. The zero-order valence-corrected chi connectivity index (χ0v) is 13.9. The number of aliphatic hydroxyl groups is 1. The van der Waals surface area contributed by atoms with Gasteiger partial charge in [0.15, 0.2) is 0 Å². The molecular formula is C17H21F3N2O2. The Labute approximate surface area is 139 Å². The van der Waals surface area contributed by atoms with Gasteiger partial charge in [-0.2, -0.15) is 23.3 Å². The SMILES string of the molecule is Cc1ccc(CC(=O)N2N=C(CC(C)C)CC2(O)C(F)(F)F)cc1. The third kappa shape index (κ3) is 3.77. The van der Waals surface area contributed by atoms with Crippen LogP contribution in [-0.4, -0.2) is 33.6 Å². The lowest BCUT2D eigenvalue weighted by molar-refractivity contribution is -0.302. The van der Waals surface area contributed by atoms with Crippen molar-refractivity contribution in [2.75, 3.05) is 0 Å². The van der Waals surface area contributed by atoms with E-state index in [1.807, 2.05) is 20.8 Å². The molecule has 1 atom stereocenters. The summed E-state index contributed by atoms with van der Waals surface area (Å²) in [7, 11) is 0. The zero-order valence-electron chi connectivity index (χ0n) is 13.9. The number of rotatable bonds is 4. The molecule has 1 amide bonds. The van der Waals surface area contributed by atoms with Gasteiger partial charge in [0.1, 0.15) is 0 Å². The molecule has 1 aliphatic rings. The topological polar surface area (TPSA) is 52.9 Å². The van der Waals surface area contributed by atoms with E-state index in [9.17, 15) is 23.1 Å². The lowest BCUT2D eigenvalue weighted by Gasteiger charge is -2.32. The first kappa shape index (κ1) is 18.4. The van der Waals surface area contributed by atoms with Gasteiger partial charge in [0.2, 0.25) is 5.91 Å². The molecule has 1 aromatic rings. The smallest absolute Gasteiger partial charge is 0.362 e. The van der Waals surface area contributed by atoms with Crippen LogP contribution in [0, 0.1) is 12.8 Å². The normalized spacial score (nSPS) is 21.3. The Balaban J connectivity index is 2.26.